The number of amides is 1. The van der Waals surface area contributed by atoms with Crippen LogP contribution in [-0.4, -0.2) is 16.0 Å². The quantitative estimate of drug-likeness (QED) is 0.766. The summed E-state index contributed by atoms with van der Waals surface area (Å²) in [4.78, 5) is 15.7. The Kier molecular flexibility index (Phi) is 3.04. The van der Waals surface area contributed by atoms with Crippen molar-refractivity contribution in [3.05, 3.63) is 41.5 Å². The summed E-state index contributed by atoms with van der Waals surface area (Å²) in [6.07, 6.45) is 1.22. The van der Waals surface area contributed by atoms with Gasteiger partial charge < -0.3 is 15.6 Å². The van der Waals surface area contributed by atoms with Crippen molar-refractivity contribution in [3.63, 3.8) is 0 Å². The van der Waals surface area contributed by atoms with Gasteiger partial charge in [-0.25, -0.2) is 0 Å². The maximum atomic E-state index is 11.9. The maximum absolute atomic E-state index is 11.9. The molecule has 1 aromatic carbocycles. The van der Waals surface area contributed by atoms with Gasteiger partial charge in [0.2, 0.25) is 6.39 Å². The van der Waals surface area contributed by atoms with Gasteiger partial charge in [0.15, 0.2) is 5.82 Å². The van der Waals surface area contributed by atoms with E-state index in [4.69, 9.17) is 5.73 Å². The molecule has 0 saturated carbocycles. The number of carbonyl (C=O) groups excluding carboxylic acids is 1. The number of rotatable bonds is 3. The molecule has 0 aliphatic rings. The minimum atomic E-state index is -0.209. The molecular formula is C11H12N4O2. The fourth-order valence-corrected chi connectivity index (χ4v) is 1.42. The van der Waals surface area contributed by atoms with Crippen LogP contribution in [0.25, 0.3) is 0 Å². The third kappa shape index (κ3) is 2.41. The molecule has 0 aliphatic carbocycles. The number of hydrogen-bond acceptors (Lipinski definition) is 5. The molecule has 0 radical (unpaired) electrons. The van der Waals surface area contributed by atoms with Crippen LogP contribution in [0.5, 0.6) is 0 Å². The minimum Gasteiger partial charge on any atom is -0.398 e. The van der Waals surface area contributed by atoms with Crippen LogP contribution in [0.2, 0.25) is 0 Å². The number of nitrogens with two attached hydrogens (primary N) is 1. The molecule has 6 heteroatoms. The van der Waals surface area contributed by atoms with E-state index in [0.29, 0.717) is 17.1 Å². The Hall–Kier alpha value is -2.37. The lowest BCUT2D eigenvalue weighted by Crippen LogP contribution is -2.24. The molecule has 0 atom stereocenters. The molecule has 0 fully saturated rings. The summed E-state index contributed by atoms with van der Waals surface area (Å²) in [6.45, 7) is 2.03. The second-order valence-corrected chi connectivity index (χ2v) is 3.55. The molecule has 0 unspecified atom stereocenters. The summed E-state index contributed by atoms with van der Waals surface area (Å²) >= 11 is 0. The van der Waals surface area contributed by atoms with Crippen molar-refractivity contribution in [3.8, 4) is 0 Å². The molecule has 17 heavy (non-hydrogen) atoms. The van der Waals surface area contributed by atoms with E-state index in [1.54, 1.807) is 25.1 Å². The van der Waals surface area contributed by atoms with Gasteiger partial charge in [0.25, 0.3) is 5.91 Å². The van der Waals surface area contributed by atoms with E-state index in [1.807, 2.05) is 0 Å². The SMILES string of the molecule is Cc1c(N)cccc1C(=O)NCc1ncon1. The lowest BCUT2D eigenvalue weighted by atomic mass is 10.1. The smallest absolute Gasteiger partial charge is 0.252 e. The van der Waals surface area contributed by atoms with Gasteiger partial charge in [-0.3, -0.25) is 4.79 Å². The Balaban J connectivity index is 2.07. The van der Waals surface area contributed by atoms with Crippen LogP contribution in [0.15, 0.2) is 29.1 Å². The molecule has 1 aromatic heterocycles. The summed E-state index contributed by atoms with van der Waals surface area (Å²) in [5.41, 5.74) is 7.64. The minimum absolute atomic E-state index is 0.209. The lowest BCUT2D eigenvalue weighted by Gasteiger charge is -2.07. The normalized spacial score (nSPS) is 10.2. The molecule has 1 heterocycles. The van der Waals surface area contributed by atoms with Gasteiger partial charge in [0, 0.05) is 11.3 Å². The van der Waals surface area contributed by atoms with E-state index < -0.39 is 0 Å². The molecule has 2 aromatic rings. The summed E-state index contributed by atoms with van der Waals surface area (Å²) in [5, 5.41) is 6.29. The highest BCUT2D eigenvalue weighted by Gasteiger charge is 2.10. The predicted octanol–water partition coefficient (Wildman–Crippen LogP) is 0.890. The van der Waals surface area contributed by atoms with Crippen LogP contribution in [0.1, 0.15) is 21.7 Å². The van der Waals surface area contributed by atoms with E-state index >= 15 is 0 Å². The number of nitrogen functional groups attached to an aromatic ring is 1. The Labute approximate surface area is 97.8 Å². The molecule has 0 saturated heterocycles. The number of carbonyl (C=O) groups is 1. The van der Waals surface area contributed by atoms with E-state index in [1.165, 1.54) is 6.39 Å². The van der Waals surface area contributed by atoms with Gasteiger partial charge >= 0.3 is 0 Å². The highest BCUT2D eigenvalue weighted by atomic mass is 16.5. The average molecular weight is 232 g/mol. The van der Waals surface area contributed by atoms with Crippen LogP contribution in [-0.2, 0) is 6.54 Å². The van der Waals surface area contributed by atoms with Crippen LogP contribution in [0.4, 0.5) is 5.69 Å². The summed E-state index contributed by atoms with van der Waals surface area (Å²) in [5.74, 6) is 0.222. The standard InChI is InChI=1S/C11H12N4O2/c1-7-8(3-2-4-9(7)12)11(16)13-5-10-14-6-17-15-10/h2-4,6H,5,12H2,1H3,(H,13,16). The molecule has 3 N–H and O–H groups in total. The highest BCUT2D eigenvalue weighted by molar-refractivity contribution is 5.96. The molecule has 0 aliphatic heterocycles. The van der Waals surface area contributed by atoms with Crippen LogP contribution >= 0.6 is 0 Å². The van der Waals surface area contributed by atoms with Crippen molar-refractivity contribution in [2.24, 2.45) is 0 Å². The number of aromatic nitrogens is 2. The van der Waals surface area contributed by atoms with Crippen molar-refractivity contribution >= 4 is 11.6 Å². The van der Waals surface area contributed by atoms with Crippen molar-refractivity contribution in [1.82, 2.24) is 15.5 Å². The van der Waals surface area contributed by atoms with Gasteiger partial charge in [-0.15, -0.1) is 0 Å². The molecule has 2 rings (SSSR count). The van der Waals surface area contributed by atoms with Gasteiger partial charge in [-0.1, -0.05) is 11.2 Å². The molecule has 1 amide bonds. The number of benzene rings is 1. The Morgan fingerprint density at radius 3 is 3.06 bits per heavy atom. The monoisotopic (exact) mass is 232 g/mol. The third-order valence-corrected chi connectivity index (χ3v) is 2.43. The summed E-state index contributed by atoms with van der Waals surface area (Å²) in [7, 11) is 0. The summed E-state index contributed by atoms with van der Waals surface area (Å²) < 4.78 is 4.56. The number of hydrogen-bond donors (Lipinski definition) is 2. The largest absolute Gasteiger partial charge is 0.398 e. The fraction of sp³-hybridized carbons (Fsp3) is 0.182. The topological polar surface area (TPSA) is 94.0 Å². The first-order chi connectivity index (χ1) is 8.18. The predicted molar refractivity (Wildman–Crippen MR) is 61.1 cm³/mol. The van der Waals surface area contributed by atoms with Gasteiger partial charge in [-0.05, 0) is 24.6 Å². The van der Waals surface area contributed by atoms with Gasteiger partial charge in [0.1, 0.15) is 0 Å². The molecular weight excluding hydrogens is 220 g/mol. The first-order valence-electron chi connectivity index (χ1n) is 5.07. The summed E-state index contributed by atoms with van der Waals surface area (Å²) in [6, 6.07) is 5.22. The average Bonchev–Trinajstić information content (AvgIpc) is 2.82. The van der Waals surface area contributed by atoms with Crippen molar-refractivity contribution < 1.29 is 9.32 Å². The van der Waals surface area contributed by atoms with Crippen LogP contribution in [0.3, 0.4) is 0 Å². The van der Waals surface area contributed by atoms with Crippen LogP contribution in [0, 0.1) is 6.92 Å². The Morgan fingerprint density at radius 2 is 2.35 bits per heavy atom. The molecule has 0 spiro atoms. The lowest BCUT2D eigenvalue weighted by molar-refractivity contribution is 0.0949. The molecule has 88 valence electrons. The first kappa shape index (κ1) is 11.1. The number of anilines is 1. The van der Waals surface area contributed by atoms with Crippen molar-refractivity contribution in [2.75, 3.05) is 5.73 Å². The zero-order chi connectivity index (χ0) is 12.3. The Morgan fingerprint density at radius 1 is 1.53 bits per heavy atom. The van der Waals surface area contributed by atoms with Crippen molar-refractivity contribution in [2.45, 2.75) is 13.5 Å². The van der Waals surface area contributed by atoms with E-state index in [0.717, 1.165) is 5.56 Å². The number of nitrogens with one attached hydrogen (secondary N) is 1. The second-order valence-electron chi connectivity index (χ2n) is 3.55. The molecule has 0 bridgehead atoms. The highest BCUT2D eigenvalue weighted by Crippen LogP contribution is 2.15. The first-order valence-corrected chi connectivity index (χ1v) is 5.07. The molecule has 6 nitrogen and oxygen atoms in total. The third-order valence-electron chi connectivity index (χ3n) is 2.43. The zero-order valence-corrected chi connectivity index (χ0v) is 9.30. The van der Waals surface area contributed by atoms with E-state index in [2.05, 4.69) is 20.0 Å². The Bertz CT molecular complexity index is 522. The second kappa shape index (κ2) is 4.65. The van der Waals surface area contributed by atoms with Gasteiger partial charge in [0.05, 0.1) is 6.54 Å². The van der Waals surface area contributed by atoms with E-state index in [9.17, 15) is 4.79 Å². The van der Waals surface area contributed by atoms with Gasteiger partial charge in [-0.2, -0.15) is 4.98 Å². The fourth-order valence-electron chi connectivity index (χ4n) is 1.42. The maximum Gasteiger partial charge on any atom is 0.252 e. The van der Waals surface area contributed by atoms with E-state index in [-0.39, 0.29) is 12.5 Å². The zero-order valence-electron chi connectivity index (χ0n) is 9.30. The van der Waals surface area contributed by atoms with Crippen LogP contribution < -0.4 is 11.1 Å². The number of nitrogens with zero attached hydrogens (tertiary/aromatic N) is 2. The van der Waals surface area contributed by atoms with Crippen molar-refractivity contribution in [1.29, 1.82) is 0 Å².